The minimum Gasteiger partial charge on any atom is -0.392 e. The van der Waals surface area contributed by atoms with Crippen molar-refractivity contribution in [2.75, 3.05) is 18.9 Å². The zero-order chi connectivity index (χ0) is 27.6. The van der Waals surface area contributed by atoms with Crippen molar-refractivity contribution in [3.05, 3.63) is 64.7 Å². The molecule has 1 aliphatic carbocycles. The fourth-order valence-corrected chi connectivity index (χ4v) is 5.68. The monoisotopic (exact) mass is 526 g/mol. The van der Waals surface area contributed by atoms with Crippen LogP contribution in [0.25, 0.3) is 0 Å². The first kappa shape index (κ1) is 25.8. The third-order valence-electron chi connectivity index (χ3n) is 8.10. The predicted molar refractivity (Wildman–Crippen MR) is 132 cm³/mol. The molecular weight excluding hydrogens is 498 g/mol. The van der Waals surface area contributed by atoms with Gasteiger partial charge in [0.25, 0.3) is 5.91 Å². The summed E-state index contributed by atoms with van der Waals surface area (Å²) in [5.41, 5.74) is 0.0865. The zero-order valence-corrected chi connectivity index (χ0v) is 21.2. The summed E-state index contributed by atoms with van der Waals surface area (Å²) < 4.78 is 27.9. The number of hydrogen-bond donors (Lipinski definition) is 3. The minimum atomic E-state index is -1.20. The molecule has 5 amide bonds. The van der Waals surface area contributed by atoms with Crippen LogP contribution in [-0.2, 0) is 27.2 Å². The average molecular weight is 527 g/mol. The van der Waals surface area contributed by atoms with Crippen LogP contribution >= 0.6 is 0 Å². The molecule has 9 nitrogen and oxygen atoms in total. The second kappa shape index (κ2) is 8.87. The highest BCUT2D eigenvalue weighted by Gasteiger charge is 2.54. The molecule has 3 atom stereocenters. The van der Waals surface area contributed by atoms with Gasteiger partial charge in [0.1, 0.15) is 23.7 Å². The van der Waals surface area contributed by atoms with E-state index in [0.29, 0.717) is 24.6 Å². The molecule has 1 unspecified atom stereocenters. The van der Waals surface area contributed by atoms with Gasteiger partial charge in [-0.3, -0.25) is 19.7 Å². The lowest BCUT2D eigenvalue weighted by atomic mass is 9.76. The lowest BCUT2D eigenvalue weighted by Gasteiger charge is -2.45. The second-order valence-electron chi connectivity index (χ2n) is 10.9. The maximum Gasteiger partial charge on any atom is 0.324 e. The Morgan fingerprint density at radius 1 is 1.08 bits per heavy atom. The van der Waals surface area contributed by atoms with E-state index in [4.69, 9.17) is 0 Å². The number of likely N-dealkylation sites (tertiary alicyclic amines) is 1. The summed E-state index contributed by atoms with van der Waals surface area (Å²) >= 11 is 0. The Bertz CT molecular complexity index is 1360. The number of carbonyl (C=O) groups excluding carboxylic acids is 4. The third-order valence-corrected chi connectivity index (χ3v) is 8.10. The molecule has 200 valence electrons. The lowest BCUT2D eigenvalue weighted by Crippen LogP contribution is -2.56. The Hall–Kier alpha value is -3.86. The number of aliphatic hydroxyl groups is 1. The van der Waals surface area contributed by atoms with Gasteiger partial charge in [0.05, 0.1) is 17.6 Å². The SMILES string of the molecule is CN1C(=O)NC(=O)C12Cc1ccc(NC(=O)CN3C(=O)C(C)(C)[C@@H](O)C[C@H]3c3cc(F)cc(F)c3)cc1C2. The molecule has 2 aromatic carbocycles. The van der Waals surface area contributed by atoms with Gasteiger partial charge in [-0.05, 0) is 61.2 Å². The fourth-order valence-electron chi connectivity index (χ4n) is 5.68. The van der Waals surface area contributed by atoms with Crippen molar-refractivity contribution < 1.29 is 33.1 Å². The largest absolute Gasteiger partial charge is 0.392 e. The first-order valence-electron chi connectivity index (χ1n) is 12.3. The number of anilines is 1. The highest BCUT2D eigenvalue weighted by atomic mass is 19.1. The van der Waals surface area contributed by atoms with E-state index in [2.05, 4.69) is 10.6 Å². The number of aliphatic hydroxyl groups excluding tert-OH is 1. The van der Waals surface area contributed by atoms with Gasteiger partial charge in [-0.25, -0.2) is 13.6 Å². The normalized spacial score (nSPS) is 26.1. The first-order valence-corrected chi connectivity index (χ1v) is 12.3. The molecule has 2 saturated heterocycles. The predicted octanol–water partition coefficient (Wildman–Crippen LogP) is 2.28. The van der Waals surface area contributed by atoms with Crippen molar-refractivity contribution in [1.82, 2.24) is 15.1 Å². The molecule has 0 aromatic heterocycles. The van der Waals surface area contributed by atoms with Crippen molar-refractivity contribution in [2.24, 2.45) is 5.41 Å². The maximum atomic E-state index is 14.0. The number of imide groups is 1. The molecule has 3 aliphatic rings. The molecule has 0 saturated carbocycles. The summed E-state index contributed by atoms with van der Waals surface area (Å²) in [5.74, 6) is -3.06. The third kappa shape index (κ3) is 4.10. The minimum absolute atomic E-state index is 0.00411. The first-order chi connectivity index (χ1) is 17.8. The van der Waals surface area contributed by atoms with Crippen molar-refractivity contribution in [3.8, 4) is 0 Å². The molecule has 5 rings (SSSR count). The topological polar surface area (TPSA) is 119 Å². The molecule has 2 aliphatic heterocycles. The summed E-state index contributed by atoms with van der Waals surface area (Å²) in [6.45, 7) is 2.72. The summed E-state index contributed by atoms with van der Waals surface area (Å²) in [6, 6.07) is 6.73. The van der Waals surface area contributed by atoms with Crippen molar-refractivity contribution in [3.63, 3.8) is 0 Å². The highest BCUT2D eigenvalue weighted by Crippen LogP contribution is 2.41. The Morgan fingerprint density at radius 3 is 2.37 bits per heavy atom. The Kier molecular flexibility index (Phi) is 6.01. The number of amides is 5. The number of nitrogens with one attached hydrogen (secondary N) is 2. The number of nitrogens with zero attached hydrogens (tertiary/aromatic N) is 2. The Balaban J connectivity index is 1.36. The fraction of sp³-hybridized carbons (Fsp3) is 0.407. The van der Waals surface area contributed by atoms with Crippen molar-refractivity contribution in [2.45, 2.75) is 50.8 Å². The van der Waals surface area contributed by atoms with E-state index in [1.807, 2.05) is 0 Å². The average Bonchev–Trinajstić information content (AvgIpc) is 3.31. The summed E-state index contributed by atoms with van der Waals surface area (Å²) in [4.78, 5) is 53.6. The zero-order valence-electron chi connectivity index (χ0n) is 21.2. The molecule has 1 spiro atoms. The van der Waals surface area contributed by atoms with E-state index in [1.165, 1.54) is 9.80 Å². The number of fused-ring (bicyclic) bond motifs is 1. The van der Waals surface area contributed by atoms with E-state index in [1.54, 1.807) is 39.1 Å². The maximum absolute atomic E-state index is 14.0. The number of halogens is 2. The lowest BCUT2D eigenvalue weighted by molar-refractivity contribution is -0.160. The number of hydrogen-bond acceptors (Lipinski definition) is 5. The van der Waals surface area contributed by atoms with Gasteiger partial charge >= 0.3 is 6.03 Å². The van der Waals surface area contributed by atoms with Crippen LogP contribution < -0.4 is 10.6 Å². The van der Waals surface area contributed by atoms with Crippen LogP contribution in [0.1, 0.15) is 43.0 Å². The number of likely N-dealkylation sites (N-methyl/N-ethyl adjacent to an activating group) is 1. The van der Waals surface area contributed by atoms with Crippen LogP contribution in [0.2, 0.25) is 0 Å². The Labute approximate surface area is 217 Å². The van der Waals surface area contributed by atoms with Gasteiger partial charge < -0.3 is 20.2 Å². The quantitative estimate of drug-likeness (QED) is 0.529. The van der Waals surface area contributed by atoms with Crippen LogP contribution in [0.4, 0.5) is 19.3 Å². The Morgan fingerprint density at radius 2 is 1.74 bits per heavy atom. The molecule has 38 heavy (non-hydrogen) atoms. The van der Waals surface area contributed by atoms with Gasteiger partial charge in [-0.15, -0.1) is 0 Å². The van der Waals surface area contributed by atoms with Crippen LogP contribution in [0, 0.1) is 17.0 Å². The van der Waals surface area contributed by atoms with E-state index in [9.17, 15) is 33.1 Å². The summed E-state index contributed by atoms with van der Waals surface area (Å²) in [6.07, 6.45) is -0.419. The summed E-state index contributed by atoms with van der Waals surface area (Å²) in [5, 5.41) is 15.7. The van der Waals surface area contributed by atoms with Crippen LogP contribution in [-0.4, -0.2) is 63.9 Å². The molecule has 0 radical (unpaired) electrons. The standard InChI is InChI=1S/C27H28F2N4O5/c1-26(2)21(34)10-20(15-6-17(28)9-18(29)7-15)33(24(26)37)13-22(35)30-19-5-4-14-11-27(12-16(14)8-19)23(36)31-25(38)32(27)3/h4-9,20-21,34H,10-13H2,1-3H3,(H,30,35)(H,31,36,38)/t20-,21-,27?/m0/s1. The van der Waals surface area contributed by atoms with Gasteiger partial charge in [0.2, 0.25) is 11.8 Å². The summed E-state index contributed by atoms with van der Waals surface area (Å²) in [7, 11) is 1.57. The van der Waals surface area contributed by atoms with Crippen molar-refractivity contribution >= 4 is 29.4 Å². The smallest absolute Gasteiger partial charge is 0.324 e. The number of urea groups is 1. The van der Waals surface area contributed by atoms with Gasteiger partial charge in [0, 0.05) is 31.6 Å². The molecule has 2 aromatic rings. The number of carbonyl (C=O) groups is 4. The number of benzene rings is 2. The van der Waals surface area contributed by atoms with E-state index in [0.717, 1.165) is 23.3 Å². The molecular formula is C27H28F2N4O5. The van der Waals surface area contributed by atoms with Crippen LogP contribution in [0.3, 0.4) is 0 Å². The molecule has 2 heterocycles. The van der Waals surface area contributed by atoms with Crippen LogP contribution in [0.15, 0.2) is 36.4 Å². The van der Waals surface area contributed by atoms with Gasteiger partial charge in [-0.1, -0.05) is 6.07 Å². The van der Waals surface area contributed by atoms with E-state index < -0.39 is 59.1 Å². The van der Waals surface area contributed by atoms with E-state index in [-0.39, 0.29) is 17.9 Å². The molecule has 0 bridgehead atoms. The van der Waals surface area contributed by atoms with E-state index >= 15 is 0 Å². The van der Waals surface area contributed by atoms with Gasteiger partial charge in [-0.2, -0.15) is 0 Å². The number of piperidine rings is 1. The molecule has 3 N–H and O–H groups in total. The molecule has 11 heteroatoms. The second-order valence-corrected chi connectivity index (χ2v) is 10.9. The van der Waals surface area contributed by atoms with Gasteiger partial charge in [0.15, 0.2) is 0 Å². The van der Waals surface area contributed by atoms with Crippen molar-refractivity contribution in [1.29, 1.82) is 0 Å². The highest BCUT2D eigenvalue weighted by molar-refractivity contribution is 6.07. The van der Waals surface area contributed by atoms with Crippen LogP contribution in [0.5, 0.6) is 0 Å². The molecule has 2 fully saturated rings. The number of rotatable bonds is 4.